The molecule has 5 heteroatoms. The second-order valence-corrected chi connectivity index (χ2v) is 6.52. The molecule has 5 nitrogen and oxygen atoms in total. The zero-order valence-electron chi connectivity index (χ0n) is 15.5. The van der Waals surface area contributed by atoms with Crippen LogP contribution in [0.1, 0.15) is 24.2 Å². The molecule has 3 rings (SSSR count). The van der Waals surface area contributed by atoms with Crippen LogP contribution in [-0.2, 0) is 16.0 Å². The van der Waals surface area contributed by atoms with Crippen LogP contribution in [0.25, 0.3) is 0 Å². The van der Waals surface area contributed by atoms with Gasteiger partial charge in [0.05, 0.1) is 39.8 Å². The number of carbonyl (C=O) groups is 1. The first kappa shape index (κ1) is 18.3. The van der Waals surface area contributed by atoms with Gasteiger partial charge in [0.1, 0.15) is 17.6 Å². The molecule has 0 aliphatic carbocycles. The largest absolute Gasteiger partial charge is 0.497 e. The van der Waals surface area contributed by atoms with Crippen LogP contribution >= 0.6 is 0 Å². The Morgan fingerprint density at radius 2 is 1.62 bits per heavy atom. The molecule has 2 atom stereocenters. The molecule has 138 valence electrons. The third kappa shape index (κ3) is 4.17. The van der Waals surface area contributed by atoms with Gasteiger partial charge in [-0.25, -0.2) is 0 Å². The van der Waals surface area contributed by atoms with E-state index >= 15 is 0 Å². The Labute approximate surface area is 154 Å². The van der Waals surface area contributed by atoms with E-state index in [4.69, 9.17) is 14.2 Å². The first-order chi connectivity index (χ1) is 12.6. The van der Waals surface area contributed by atoms with Crippen LogP contribution in [0.15, 0.2) is 48.5 Å². The lowest BCUT2D eigenvalue weighted by Crippen LogP contribution is -2.48. The van der Waals surface area contributed by atoms with Gasteiger partial charge >= 0.3 is 0 Å². The molecule has 1 aliphatic heterocycles. The Hall–Kier alpha value is -2.53. The molecular formula is C21H25NO4. The standard InChI is InChI=1S/C21H25NO4/c1-15-14-26-20(17-6-10-19(25-3)11-7-17)13-22(15)21(23)12-16-4-8-18(24-2)9-5-16/h4-11,15,20H,12-14H2,1-3H3. The van der Waals surface area contributed by atoms with E-state index in [0.29, 0.717) is 19.6 Å². The number of morpholine rings is 1. The number of ether oxygens (including phenoxy) is 3. The minimum absolute atomic E-state index is 0.0650. The minimum atomic E-state index is -0.114. The van der Waals surface area contributed by atoms with Gasteiger partial charge in [-0.15, -0.1) is 0 Å². The van der Waals surface area contributed by atoms with E-state index in [1.165, 1.54) is 0 Å². The van der Waals surface area contributed by atoms with Crippen molar-refractivity contribution in [1.82, 2.24) is 4.90 Å². The molecule has 0 aromatic heterocycles. The Bertz CT molecular complexity index is 727. The van der Waals surface area contributed by atoms with Crippen LogP contribution in [0.4, 0.5) is 0 Å². The molecule has 0 radical (unpaired) electrons. The van der Waals surface area contributed by atoms with E-state index < -0.39 is 0 Å². The first-order valence-corrected chi connectivity index (χ1v) is 8.78. The van der Waals surface area contributed by atoms with Crippen molar-refractivity contribution in [1.29, 1.82) is 0 Å². The Kier molecular flexibility index (Phi) is 5.78. The summed E-state index contributed by atoms with van der Waals surface area (Å²) in [4.78, 5) is 14.7. The maximum absolute atomic E-state index is 12.8. The summed E-state index contributed by atoms with van der Waals surface area (Å²) >= 11 is 0. The lowest BCUT2D eigenvalue weighted by molar-refractivity contribution is -0.143. The quantitative estimate of drug-likeness (QED) is 0.826. The summed E-state index contributed by atoms with van der Waals surface area (Å²) in [5.74, 6) is 1.72. The van der Waals surface area contributed by atoms with E-state index in [9.17, 15) is 4.79 Å². The summed E-state index contributed by atoms with van der Waals surface area (Å²) in [5.41, 5.74) is 2.04. The van der Waals surface area contributed by atoms with E-state index in [-0.39, 0.29) is 18.1 Å². The third-order valence-corrected chi connectivity index (χ3v) is 4.76. The number of rotatable bonds is 5. The van der Waals surface area contributed by atoms with Crippen LogP contribution in [-0.4, -0.2) is 44.2 Å². The predicted octanol–water partition coefficient (Wildman–Crippen LogP) is 3.23. The molecule has 0 N–H and O–H groups in total. The van der Waals surface area contributed by atoms with Crippen molar-refractivity contribution in [2.75, 3.05) is 27.4 Å². The van der Waals surface area contributed by atoms with Gasteiger partial charge in [0.15, 0.2) is 0 Å². The van der Waals surface area contributed by atoms with Crippen molar-refractivity contribution in [3.63, 3.8) is 0 Å². The zero-order chi connectivity index (χ0) is 18.5. The minimum Gasteiger partial charge on any atom is -0.497 e. The van der Waals surface area contributed by atoms with E-state index in [1.807, 2.05) is 60.4 Å². The van der Waals surface area contributed by atoms with Crippen molar-refractivity contribution < 1.29 is 19.0 Å². The number of benzene rings is 2. The SMILES string of the molecule is COc1ccc(CC(=O)N2CC(c3ccc(OC)cc3)OCC2C)cc1. The van der Waals surface area contributed by atoms with Gasteiger partial charge in [0.25, 0.3) is 0 Å². The molecule has 0 spiro atoms. The number of nitrogens with zero attached hydrogens (tertiary/aromatic N) is 1. The van der Waals surface area contributed by atoms with Crippen LogP contribution in [0, 0.1) is 0 Å². The second kappa shape index (κ2) is 8.23. The van der Waals surface area contributed by atoms with Crippen molar-refractivity contribution in [2.45, 2.75) is 25.5 Å². The molecule has 0 saturated carbocycles. The molecule has 2 unspecified atom stereocenters. The van der Waals surface area contributed by atoms with Gasteiger partial charge in [-0.3, -0.25) is 4.79 Å². The van der Waals surface area contributed by atoms with E-state index in [2.05, 4.69) is 0 Å². The van der Waals surface area contributed by atoms with E-state index in [0.717, 1.165) is 22.6 Å². The summed E-state index contributed by atoms with van der Waals surface area (Å²) in [6.45, 7) is 3.11. The maximum Gasteiger partial charge on any atom is 0.227 e. The highest BCUT2D eigenvalue weighted by atomic mass is 16.5. The Morgan fingerprint density at radius 3 is 2.19 bits per heavy atom. The van der Waals surface area contributed by atoms with Gasteiger partial charge in [0, 0.05) is 0 Å². The molecule has 1 saturated heterocycles. The molecular weight excluding hydrogens is 330 g/mol. The number of amides is 1. The van der Waals surface area contributed by atoms with Crippen molar-refractivity contribution in [2.24, 2.45) is 0 Å². The fourth-order valence-corrected chi connectivity index (χ4v) is 3.14. The van der Waals surface area contributed by atoms with Gasteiger partial charge in [-0.05, 0) is 42.3 Å². The fraction of sp³-hybridized carbons (Fsp3) is 0.381. The Balaban J connectivity index is 1.67. The van der Waals surface area contributed by atoms with Crippen LogP contribution in [0.3, 0.4) is 0 Å². The van der Waals surface area contributed by atoms with Crippen molar-refractivity contribution >= 4 is 5.91 Å². The highest BCUT2D eigenvalue weighted by Crippen LogP contribution is 2.27. The third-order valence-electron chi connectivity index (χ3n) is 4.76. The highest BCUT2D eigenvalue weighted by Gasteiger charge is 2.30. The maximum atomic E-state index is 12.8. The lowest BCUT2D eigenvalue weighted by Gasteiger charge is -2.38. The molecule has 1 aliphatic rings. The lowest BCUT2D eigenvalue weighted by atomic mass is 10.0. The zero-order valence-corrected chi connectivity index (χ0v) is 15.5. The predicted molar refractivity (Wildman–Crippen MR) is 99.6 cm³/mol. The molecule has 1 amide bonds. The van der Waals surface area contributed by atoms with Gasteiger partial charge < -0.3 is 19.1 Å². The fourth-order valence-electron chi connectivity index (χ4n) is 3.14. The van der Waals surface area contributed by atoms with Gasteiger partial charge in [-0.2, -0.15) is 0 Å². The Morgan fingerprint density at radius 1 is 1.04 bits per heavy atom. The molecule has 0 bridgehead atoms. The summed E-state index contributed by atoms with van der Waals surface area (Å²) in [7, 11) is 3.28. The van der Waals surface area contributed by atoms with Crippen molar-refractivity contribution in [3.8, 4) is 11.5 Å². The normalized spacial score (nSPS) is 19.9. The number of carbonyl (C=O) groups excluding carboxylic acids is 1. The van der Waals surface area contributed by atoms with Crippen LogP contribution in [0.2, 0.25) is 0 Å². The van der Waals surface area contributed by atoms with Crippen LogP contribution < -0.4 is 9.47 Å². The summed E-state index contributed by atoms with van der Waals surface area (Å²) < 4.78 is 16.3. The molecule has 1 fully saturated rings. The smallest absolute Gasteiger partial charge is 0.227 e. The monoisotopic (exact) mass is 355 g/mol. The number of hydrogen-bond donors (Lipinski definition) is 0. The molecule has 1 heterocycles. The summed E-state index contributed by atoms with van der Waals surface area (Å²) in [6, 6.07) is 15.5. The van der Waals surface area contributed by atoms with Crippen LogP contribution in [0.5, 0.6) is 11.5 Å². The molecule has 2 aromatic rings. The molecule has 26 heavy (non-hydrogen) atoms. The van der Waals surface area contributed by atoms with E-state index in [1.54, 1.807) is 14.2 Å². The second-order valence-electron chi connectivity index (χ2n) is 6.52. The number of hydrogen-bond acceptors (Lipinski definition) is 4. The van der Waals surface area contributed by atoms with Gasteiger partial charge in [-0.1, -0.05) is 24.3 Å². The van der Waals surface area contributed by atoms with Crippen molar-refractivity contribution in [3.05, 3.63) is 59.7 Å². The summed E-state index contributed by atoms with van der Waals surface area (Å²) in [6.07, 6.45) is 0.265. The highest BCUT2D eigenvalue weighted by molar-refractivity contribution is 5.79. The topological polar surface area (TPSA) is 48.0 Å². The van der Waals surface area contributed by atoms with Gasteiger partial charge in [0.2, 0.25) is 5.91 Å². The first-order valence-electron chi connectivity index (χ1n) is 8.78. The average Bonchev–Trinajstić information content (AvgIpc) is 2.69. The summed E-state index contributed by atoms with van der Waals surface area (Å²) in [5, 5.41) is 0. The average molecular weight is 355 g/mol. The molecule has 2 aromatic carbocycles. The number of methoxy groups -OCH3 is 2.